The third-order valence-electron chi connectivity index (χ3n) is 6.65. The van der Waals surface area contributed by atoms with Gasteiger partial charge in [-0.3, -0.25) is 18.7 Å². The first-order valence-electron chi connectivity index (χ1n) is 12.5. The van der Waals surface area contributed by atoms with E-state index in [0.717, 1.165) is 18.9 Å². The van der Waals surface area contributed by atoms with Crippen LogP contribution in [0.2, 0.25) is 0 Å². The second-order valence-electron chi connectivity index (χ2n) is 9.62. The topological polar surface area (TPSA) is 148 Å². The van der Waals surface area contributed by atoms with E-state index in [1.165, 1.54) is 43.2 Å². The fraction of sp³-hybridized carbons (Fsp3) is 0.320. The molecule has 0 bridgehead atoms. The van der Waals surface area contributed by atoms with Crippen molar-refractivity contribution in [3.05, 3.63) is 60.6 Å². The molecule has 5 aromatic rings. The molecule has 0 spiro atoms. The van der Waals surface area contributed by atoms with Crippen LogP contribution in [0.3, 0.4) is 0 Å². The fourth-order valence-electron chi connectivity index (χ4n) is 4.21. The average molecular weight is 551 g/mol. The summed E-state index contributed by atoms with van der Waals surface area (Å²) in [5.74, 6) is -4.43. The van der Waals surface area contributed by atoms with Gasteiger partial charge in [-0.15, -0.1) is 10.2 Å². The Labute approximate surface area is 225 Å². The zero-order valence-electron chi connectivity index (χ0n) is 21.3. The maximum Gasteiger partial charge on any atom is 0.350 e. The number of aliphatic hydroxyl groups is 1. The van der Waals surface area contributed by atoms with Gasteiger partial charge in [0.25, 0.3) is 0 Å². The number of imidazole rings is 1. The first kappa shape index (κ1) is 25.5. The van der Waals surface area contributed by atoms with E-state index in [0.29, 0.717) is 16.8 Å². The lowest BCUT2D eigenvalue weighted by atomic mass is 10.1. The number of nitrogens with one attached hydrogen (secondary N) is 1. The van der Waals surface area contributed by atoms with Crippen LogP contribution in [0.15, 0.2) is 49.1 Å². The van der Waals surface area contributed by atoms with Crippen molar-refractivity contribution in [2.45, 2.75) is 25.3 Å². The summed E-state index contributed by atoms with van der Waals surface area (Å²) in [6.45, 7) is 0.0158. The van der Waals surface area contributed by atoms with Crippen molar-refractivity contribution in [2.75, 3.05) is 25.5 Å². The molecule has 0 unspecified atom stereocenters. The maximum absolute atomic E-state index is 15.8. The van der Waals surface area contributed by atoms with Crippen LogP contribution < -0.4 is 5.32 Å². The molecule has 0 aliphatic heterocycles. The van der Waals surface area contributed by atoms with Crippen molar-refractivity contribution in [3.8, 4) is 11.1 Å². The highest BCUT2D eigenvalue weighted by atomic mass is 19.3. The number of rotatable bonds is 9. The molecule has 1 aliphatic carbocycles. The number of carbonyl (C=O) groups is 2. The monoisotopic (exact) mass is 550 g/mol. The third-order valence-corrected chi connectivity index (χ3v) is 6.65. The Morgan fingerprint density at radius 3 is 2.67 bits per heavy atom. The molecule has 2 amide bonds. The van der Waals surface area contributed by atoms with E-state index in [2.05, 4.69) is 30.7 Å². The van der Waals surface area contributed by atoms with Gasteiger partial charge in [-0.2, -0.15) is 19.0 Å². The standard InChI is InChI=1S/C25H24F2N10O3/c1-34(8-9-38)22(39)14-35-11-17(10-28-35)16-4-6-21-31-32-24(36(21)12-16)25(26,27)18-5-7-20-29-19(13-37(20)33-18)30-23(40)15-2-3-15/h4-7,10-13,15,38H,2-3,8-9,14H2,1H3,(H,30,40). The van der Waals surface area contributed by atoms with Gasteiger partial charge in [0, 0.05) is 43.0 Å². The van der Waals surface area contributed by atoms with Crippen LogP contribution in [-0.4, -0.2) is 81.0 Å². The quantitative estimate of drug-likeness (QED) is 0.281. The second-order valence-corrected chi connectivity index (χ2v) is 9.62. The predicted octanol–water partition coefficient (Wildman–Crippen LogP) is 1.57. The molecular formula is C25H24F2N10O3. The van der Waals surface area contributed by atoms with E-state index in [1.54, 1.807) is 25.4 Å². The Kier molecular flexibility index (Phi) is 6.21. The van der Waals surface area contributed by atoms with Crippen molar-refractivity contribution in [3.63, 3.8) is 0 Å². The van der Waals surface area contributed by atoms with Gasteiger partial charge in [0.15, 0.2) is 17.1 Å². The van der Waals surface area contributed by atoms with Crippen molar-refractivity contribution in [1.82, 2.24) is 43.9 Å². The number of alkyl halides is 2. The summed E-state index contributed by atoms with van der Waals surface area (Å²) in [4.78, 5) is 29.9. The minimum absolute atomic E-state index is 0.0285. The number of hydrogen-bond acceptors (Lipinski definition) is 8. The molecule has 40 heavy (non-hydrogen) atoms. The SMILES string of the molecule is CN(CCO)C(=O)Cn1cc(-c2ccc3nnc(C(F)(F)c4ccc5nc(NC(=O)C6CC6)cn5n4)n3c2)cn1. The second kappa shape index (κ2) is 9.75. The number of nitrogens with zero attached hydrogens (tertiary/aromatic N) is 9. The molecule has 206 valence electrons. The van der Waals surface area contributed by atoms with Crippen molar-refractivity contribution in [1.29, 1.82) is 0 Å². The summed E-state index contributed by atoms with van der Waals surface area (Å²) in [6, 6.07) is 5.81. The Hall–Kier alpha value is -4.79. The van der Waals surface area contributed by atoms with E-state index in [9.17, 15) is 9.59 Å². The highest BCUT2D eigenvalue weighted by Crippen LogP contribution is 2.34. The average Bonchev–Trinajstić information content (AvgIpc) is 3.33. The van der Waals surface area contributed by atoms with Gasteiger partial charge in [-0.1, -0.05) is 0 Å². The van der Waals surface area contributed by atoms with Gasteiger partial charge in [-0.05, 0) is 37.1 Å². The fourth-order valence-corrected chi connectivity index (χ4v) is 4.21. The minimum atomic E-state index is -3.62. The predicted molar refractivity (Wildman–Crippen MR) is 136 cm³/mol. The molecule has 5 heterocycles. The lowest BCUT2D eigenvalue weighted by molar-refractivity contribution is -0.131. The molecule has 0 atom stereocenters. The van der Waals surface area contributed by atoms with Crippen molar-refractivity contribution in [2.24, 2.45) is 5.92 Å². The summed E-state index contributed by atoms with van der Waals surface area (Å²) in [6.07, 6.45) is 7.67. The van der Waals surface area contributed by atoms with Crippen LogP contribution >= 0.6 is 0 Å². The van der Waals surface area contributed by atoms with Gasteiger partial charge in [-0.25, -0.2) is 9.50 Å². The lowest BCUT2D eigenvalue weighted by Crippen LogP contribution is -2.32. The van der Waals surface area contributed by atoms with E-state index in [4.69, 9.17) is 5.11 Å². The number of likely N-dealkylation sites (N-methyl/N-ethyl adjacent to an activating group) is 1. The number of aromatic nitrogens is 8. The molecule has 0 radical (unpaired) electrons. The summed E-state index contributed by atoms with van der Waals surface area (Å²) in [5, 5.41) is 27.6. The molecule has 0 saturated heterocycles. The Morgan fingerprint density at radius 2 is 1.90 bits per heavy atom. The molecule has 1 aliphatic rings. The number of fused-ring (bicyclic) bond motifs is 2. The third kappa shape index (κ3) is 4.75. The molecule has 1 fully saturated rings. The number of hydrogen-bond donors (Lipinski definition) is 2. The molecule has 2 N–H and O–H groups in total. The molecule has 1 saturated carbocycles. The maximum atomic E-state index is 15.8. The Morgan fingerprint density at radius 1 is 1.10 bits per heavy atom. The molecule has 0 aromatic carbocycles. The first-order valence-corrected chi connectivity index (χ1v) is 12.5. The summed E-state index contributed by atoms with van der Waals surface area (Å²) >= 11 is 0. The zero-order chi connectivity index (χ0) is 28.0. The van der Waals surface area contributed by atoms with Gasteiger partial charge in [0.2, 0.25) is 17.6 Å². The molecule has 5 aromatic heterocycles. The zero-order valence-corrected chi connectivity index (χ0v) is 21.3. The lowest BCUT2D eigenvalue weighted by Gasteiger charge is -2.15. The number of pyridine rings is 1. The van der Waals surface area contributed by atoms with Gasteiger partial charge in [0.05, 0.1) is 19.0 Å². The molecule has 15 heteroatoms. The number of amides is 2. The van der Waals surface area contributed by atoms with Crippen LogP contribution in [0.25, 0.3) is 22.4 Å². The van der Waals surface area contributed by atoms with Crippen molar-refractivity contribution >= 4 is 28.9 Å². The smallest absolute Gasteiger partial charge is 0.350 e. The van der Waals surface area contributed by atoms with Crippen LogP contribution in [-0.2, 0) is 22.1 Å². The van der Waals surface area contributed by atoms with Crippen LogP contribution in [0.4, 0.5) is 14.6 Å². The number of carbonyl (C=O) groups excluding carboxylic acids is 2. The van der Waals surface area contributed by atoms with Gasteiger partial charge >= 0.3 is 5.92 Å². The van der Waals surface area contributed by atoms with E-state index in [-0.39, 0.29) is 48.9 Å². The highest BCUT2D eigenvalue weighted by molar-refractivity contribution is 5.93. The molecule has 6 rings (SSSR count). The number of halogens is 2. The van der Waals surface area contributed by atoms with E-state index in [1.807, 2.05) is 0 Å². The normalized spacial score (nSPS) is 13.7. The van der Waals surface area contributed by atoms with E-state index >= 15 is 8.78 Å². The Balaban J connectivity index is 1.27. The van der Waals surface area contributed by atoms with Crippen LogP contribution in [0.5, 0.6) is 0 Å². The van der Waals surface area contributed by atoms with Crippen LogP contribution in [0.1, 0.15) is 24.4 Å². The summed E-state index contributed by atoms with van der Waals surface area (Å²) in [7, 11) is 1.58. The van der Waals surface area contributed by atoms with Gasteiger partial charge in [0.1, 0.15) is 12.2 Å². The number of aliphatic hydroxyl groups excluding tert-OH is 1. The molecule has 13 nitrogen and oxygen atoms in total. The largest absolute Gasteiger partial charge is 0.395 e. The van der Waals surface area contributed by atoms with Gasteiger partial charge < -0.3 is 15.3 Å². The summed E-state index contributed by atoms with van der Waals surface area (Å²) < 4.78 is 35.3. The first-order chi connectivity index (χ1) is 19.2. The minimum Gasteiger partial charge on any atom is -0.395 e. The Bertz CT molecular complexity index is 1740. The highest BCUT2D eigenvalue weighted by Gasteiger charge is 2.41. The molecular weight excluding hydrogens is 526 g/mol. The number of anilines is 1. The van der Waals surface area contributed by atoms with Crippen LogP contribution in [0, 0.1) is 5.92 Å². The van der Waals surface area contributed by atoms with E-state index < -0.39 is 17.4 Å². The van der Waals surface area contributed by atoms with Crippen molar-refractivity contribution < 1.29 is 23.5 Å². The summed E-state index contributed by atoms with van der Waals surface area (Å²) in [5.41, 5.74) is 1.09.